The van der Waals surface area contributed by atoms with E-state index < -0.39 is 0 Å². The average molecular weight is 344 g/mol. The Morgan fingerprint density at radius 1 is 0.769 bits per heavy atom. The van der Waals surface area contributed by atoms with Crippen LogP contribution in [0.4, 0.5) is 27.5 Å². The van der Waals surface area contributed by atoms with Crippen LogP contribution in [0.1, 0.15) is 11.1 Å². The van der Waals surface area contributed by atoms with Gasteiger partial charge in [0.1, 0.15) is 0 Å². The Morgan fingerprint density at radius 3 is 2.23 bits per heavy atom. The predicted octanol–water partition coefficient (Wildman–Crippen LogP) is 6.36. The van der Waals surface area contributed by atoms with E-state index in [0.29, 0.717) is 0 Å². The predicted molar refractivity (Wildman–Crippen MR) is 106 cm³/mol. The highest BCUT2D eigenvalue weighted by molar-refractivity contribution is 6.00. The van der Waals surface area contributed by atoms with Gasteiger partial charge in [-0.2, -0.15) is 10.2 Å². The summed E-state index contributed by atoms with van der Waals surface area (Å²) in [5, 5.41) is 14.2. The highest BCUT2D eigenvalue weighted by atomic mass is 16.2. The first-order valence-corrected chi connectivity index (χ1v) is 8.33. The lowest BCUT2D eigenvalue weighted by molar-refractivity contribution is 0.262. The van der Waals surface area contributed by atoms with Crippen LogP contribution in [0.2, 0.25) is 0 Å². The molecule has 3 aromatic rings. The van der Waals surface area contributed by atoms with Crippen molar-refractivity contribution >= 4 is 28.8 Å². The third-order valence-electron chi connectivity index (χ3n) is 3.88. The van der Waals surface area contributed by atoms with Crippen molar-refractivity contribution in [2.75, 3.05) is 10.6 Å². The lowest BCUT2D eigenvalue weighted by Gasteiger charge is -2.10. The molecule has 0 saturated heterocycles. The van der Waals surface area contributed by atoms with Crippen LogP contribution in [-0.2, 0) is 0 Å². The van der Waals surface area contributed by atoms with E-state index in [4.69, 9.17) is 0 Å². The van der Waals surface area contributed by atoms with Crippen LogP contribution in [0.25, 0.3) is 0 Å². The molecule has 2 N–H and O–H groups in total. The van der Waals surface area contributed by atoms with Gasteiger partial charge >= 0.3 is 6.03 Å². The van der Waals surface area contributed by atoms with Crippen molar-refractivity contribution in [3.8, 4) is 0 Å². The summed E-state index contributed by atoms with van der Waals surface area (Å²) in [7, 11) is 0. The number of carbonyl (C=O) groups excluding carboxylic acids is 1. The molecule has 0 unspecified atom stereocenters. The number of hydrogen-bond acceptors (Lipinski definition) is 3. The maximum Gasteiger partial charge on any atom is 0.323 e. The molecule has 0 radical (unpaired) electrons. The van der Waals surface area contributed by atoms with Crippen molar-refractivity contribution in [3.05, 3.63) is 83.9 Å². The molecule has 0 aliphatic rings. The van der Waals surface area contributed by atoms with Gasteiger partial charge in [0.25, 0.3) is 0 Å². The molecular formula is C21H20N4O. The number of azo groups is 1. The van der Waals surface area contributed by atoms with Crippen molar-refractivity contribution in [2.24, 2.45) is 10.2 Å². The summed E-state index contributed by atoms with van der Waals surface area (Å²) in [4.78, 5) is 12.1. The first-order chi connectivity index (χ1) is 12.6. The Kier molecular flexibility index (Phi) is 5.39. The molecule has 0 atom stereocenters. The van der Waals surface area contributed by atoms with E-state index in [1.807, 2.05) is 86.6 Å². The quantitative estimate of drug-likeness (QED) is 0.531. The Labute approximate surface area is 152 Å². The summed E-state index contributed by atoms with van der Waals surface area (Å²) in [5.41, 5.74) is 5.03. The van der Waals surface area contributed by atoms with E-state index in [-0.39, 0.29) is 6.03 Å². The van der Waals surface area contributed by atoms with E-state index in [2.05, 4.69) is 20.9 Å². The molecule has 3 aromatic carbocycles. The fraction of sp³-hybridized carbons (Fsp3) is 0.0952. The number of aryl methyl sites for hydroxylation is 2. The highest BCUT2D eigenvalue weighted by Crippen LogP contribution is 2.25. The number of nitrogens with one attached hydrogen (secondary N) is 2. The number of nitrogens with zero attached hydrogens (tertiary/aromatic N) is 2. The van der Waals surface area contributed by atoms with E-state index >= 15 is 0 Å². The number of rotatable bonds is 4. The molecule has 2 amide bonds. The molecule has 130 valence electrons. The van der Waals surface area contributed by atoms with Crippen LogP contribution in [0.5, 0.6) is 0 Å². The van der Waals surface area contributed by atoms with Gasteiger partial charge in [0.15, 0.2) is 0 Å². The number of urea groups is 1. The minimum absolute atomic E-state index is 0.284. The first-order valence-electron chi connectivity index (χ1n) is 8.33. The second-order valence-electron chi connectivity index (χ2n) is 5.93. The number of hydrogen-bond donors (Lipinski definition) is 2. The van der Waals surface area contributed by atoms with Crippen molar-refractivity contribution < 1.29 is 4.79 Å². The molecule has 0 fully saturated rings. The van der Waals surface area contributed by atoms with Crippen LogP contribution in [-0.4, -0.2) is 6.03 Å². The Hall–Kier alpha value is -3.47. The molecule has 0 spiro atoms. The first kappa shape index (κ1) is 17.4. The molecule has 0 aliphatic carbocycles. The number of amides is 2. The van der Waals surface area contributed by atoms with Gasteiger partial charge < -0.3 is 10.6 Å². The van der Waals surface area contributed by atoms with E-state index in [1.54, 1.807) is 0 Å². The fourth-order valence-corrected chi connectivity index (χ4v) is 2.44. The summed E-state index contributed by atoms with van der Waals surface area (Å²) in [5.74, 6) is 0. The Morgan fingerprint density at radius 2 is 1.50 bits per heavy atom. The minimum Gasteiger partial charge on any atom is -0.308 e. The van der Waals surface area contributed by atoms with Gasteiger partial charge in [-0.1, -0.05) is 36.4 Å². The van der Waals surface area contributed by atoms with Crippen LogP contribution in [0.15, 0.2) is 83.0 Å². The van der Waals surface area contributed by atoms with E-state index in [1.165, 1.54) is 0 Å². The van der Waals surface area contributed by atoms with Gasteiger partial charge in [-0.05, 0) is 61.4 Å². The topological polar surface area (TPSA) is 65.8 Å². The van der Waals surface area contributed by atoms with Crippen LogP contribution < -0.4 is 10.6 Å². The Balaban J connectivity index is 1.67. The maximum atomic E-state index is 12.1. The molecule has 26 heavy (non-hydrogen) atoms. The summed E-state index contributed by atoms with van der Waals surface area (Å²) < 4.78 is 0. The molecule has 0 saturated carbocycles. The second kappa shape index (κ2) is 8.07. The molecule has 5 heteroatoms. The van der Waals surface area contributed by atoms with Gasteiger partial charge in [-0.25, -0.2) is 4.79 Å². The number of carbonyl (C=O) groups is 1. The molecule has 5 nitrogen and oxygen atoms in total. The zero-order chi connectivity index (χ0) is 18.4. The van der Waals surface area contributed by atoms with Gasteiger partial charge in [0.2, 0.25) is 0 Å². The summed E-state index contributed by atoms with van der Waals surface area (Å²) >= 11 is 0. The average Bonchev–Trinajstić information content (AvgIpc) is 2.64. The molecule has 3 rings (SSSR count). The van der Waals surface area contributed by atoms with Crippen molar-refractivity contribution in [1.82, 2.24) is 0 Å². The monoisotopic (exact) mass is 344 g/mol. The van der Waals surface area contributed by atoms with E-state index in [0.717, 1.165) is 33.9 Å². The second-order valence-corrected chi connectivity index (χ2v) is 5.93. The van der Waals surface area contributed by atoms with Crippen molar-refractivity contribution in [1.29, 1.82) is 0 Å². The standard InChI is InChI=1S/C21H20N4O/c1-15-8-6-7-11-20(15)25-24-18-12-13-19(16(2)14-18)23-21(26)22-17-9-4-3-5-10-17/h3-14H,1-2H3,(H2,22,23,26). The number of anilines is 2. The molecule has 0 aliphatic heterocycles. The SMILES string of the molecule is Cc1ccccc1N=Nc1ccc(NC(=O)Nc2ccccc2)c(C)c1. The summed E-state index contributed by atoms with van der Waals surface area (Å²) in [6.45, 7) is 3.92. The third-order valence-corrected chi connectivity index (χ3v) is 3.88. The highest BCUT2D eigenvalue weighted by Gasteiger charge is 2.05. The molecule has 0 bridgehead atoms. The molecule has 0 heterocycles. The van der Waals surface area contributed by atoms with Gasteiger partial charge in [0.05, 0.1) is 11.4 Å². The smallest absolute Gasteiger partial charge is 0.308 e. The van der Waals surface area contributed by atoms with Gasteiger partial charge in [0, 0.05) is 11.4 Å². The van der Waals surface area contributed by atoms with Gasteiger partial charge in [-0.3, -0.25) is 0 Å². The lowest BCUT2D eigenvalue weighted by Crippen LogP contribution is -2.19. The maximum absolute atomic E-state index is 12.1. The van der Waals surface area contributed by atoms with Crippen molar-refractivity contribution in [3.63, 3.8) is 0 Å². The third kappa shape index (κ3) is 4.54. The minimum atomic E-state index is -0.284. The van der Waals surface area contributed by atoms with Crippen LogP contribution in [0, 0.1) is 13.8 Å². The van der Waals surface area contributed by atoms with Crippen LogP contribution >= 0.6 is 0 Å². The van der Waals surface area contributed by atoms with Crippen molar-refractivity contribution in [2.45, 2.75) is 13.8 Å². The number of benzene rings is 3. The lowest BCUT2D eigenvalue weighted by atomic mass is 10.2. The number of para-hydroxylation sites is 1. The van der Waals surface area contributed by atoms with Crippen LogP contribution in [0.3, 0.4) is 0 Å². The zero-order valence-corrected chi connectivity index (χ0v) is 14.7. The molecule has 0 aromatic heterocycles. The van der Waals surface area contributed by atoms with Gasteiger partial charge in [-0.15, -0.1) is 0 Å². The normalized spacial score (nSPS) is 10.7. The Bertz CT molecular complexity index is 936. The van der Waals surface area contributed by atoms with E-state index in [9.17, 15) is 4.79 Å². The molecular weight excluding hydrogens is 324 g/mol. The zero-order valence-electron chi connectivity index (χ0n) is 14.7. The largest absolute Gasteiger partial charge is 0.323 e. The fourth-order valence-electron chi connectivity index (χ4n) is 2.44. The summed E-state index contributed by atoms with van der Waals surface area (Å²) in [6, 6.07) is 22.4. The summed E-state index contributed by atoms with van der Waals surface area (Å²) in [6.07, 6.45) is 0.